The molecule has 7 heteroatoms. The van der Waals surface area contributed by atoms with Gasteiger partial charge in [-0.2, -0.15) is 4.31 Å². The molecule has 166 valence electrons. The lowest BCUT2D eigenvalue weighted by molar-refractivity contribution is -0.121. The van der Waals surface area contributed by atoms with Crippen molar-refractivity contribution in [3.63, 3.8) is 0 Å². The van der Waals surface area contributed by atoms with E-state index >= 15 is 0 Å². The second-order valence-electron chi connectivity index (χ2n) is 8.66. The Morgan fingerprint density at radius 2 is 1.61 bits per heavy atom. The van der Waals surface area contributed by atoms with E-state index in [1.807, 2.05) is 51.1 Å². The lowest BCUT2D eigenvalue weighted by Crippen LogP contribution is -2.54. The van der Waals surface area contributed by atoms with Crippen molar-refractivity contribution < 1.29 is 13.2 Å². The first-order chi connectivity index (χ1) is 14.8. The molecule has 1 N–H and O–H groups in total. The first kappa shape index (κ1) is 22.0. The summed E-state index contributed by atoms with van der Waals surface area (Å²) in [4.78, 5) is 15.3. The molecule has 1 aliphatic carbocycles. The van der Waals surface area contributed by atoms with Crippen molar-refractivity contribution in [2.75, 3.05) is 31.5 Å². The number of piperazine rings is 1. The summed E-state index contributed by atoms with van der Waals surface area (Å²) >= 11 is 0. The zero-order valence-electron chi connectivity index (χ0n) is 18.5. The number of amides is 1. The van der Waals surface area contributed by atoms with Gasteiger partial charge in [-0.1, -0.05) is 24.3 Å². The summed E-state index contributed by atoms with van der Waals surface area (Å²) < 4.78 is 27.8. The number of rotatable bonds is 5. The van der Waals surface area contributed by atoms with Gasteiger partial charge in [0.25, 0.3) is 0 Å². The Labute approximate surface area is 185 Å². The topological polar surface area (TPSA) is 69.7 Å². The Hall–Kier alpha value is -2.22. The first-order valence-electron chi connectivity index (χ1n) is 11.0. The third-order valence-corrected chi connectivity index (χ3v) is 8.53. The fraction of sp³-hybridized carbons (Fsp3) is 0.458. The molecule has 1 saturated heterocycles. The molecule has 1 amide bonds. The van der Waals surface area contributed by atoms with Gasteiger partial charge in [0.05, 0.1) is 10.9 Å². The van der Waals surface area contributed by atoms with Crippen LogP contribution in [0.4, 0.5) is 5.69 Å². The molecule has 1 atom stereocenters. The quantitative estimate of drug-likeness (QED) is 0.774. The van der Waals surface area contributed by atoms with Gasteiger partial charge in [-0.3, -0.25) is 9.69 Å². The maximum absolute atomic E-state index is 13.1. The second-order valence-corrected chi connectivity index (χ2v) is 10.6. The van der Waals surface area contributed by atoms with Gasteiger partial charge >= 0.3 is 0 Å². The van der Waals surface area contributed by atoms with Crippen LogP contribution in [0.2, 0.25) is 0 Å². The van der Waals surface area contributed by atoms with Crippen molar-refractivity contribution in [3.8, 4) is 0 Å². The summed E-state index contributed by atoms with van der Waals surface area (Å²) in [7, 11) is -3.51. The van der Waals surface area contributed by atoms with Gasteiger partial charge in [0.2, 0.25) is 15.9 Å². The fourth-order valence-electron chi connectivity index (χ4n) is 4.59. The molecule has 1 heterocycles. The molecule has 2 aromatic carbocycles. The molecule has 0 radical (unpaired) electrons. The Bertz CT molecular complexity index is 1070. The minimum atomic E-state index is -3.51. The second kappa shape index (κ2) is 8.73. The number of nitrogens with zero attached hydrogens (tertiary/aromatic N) is 2. The number of hydrogen-bond acceptors (Lipinski definition) is 4. The number of carbonyl (C=O) groups excluding carboxylic acids is 1. The van der Waals surface area contributed by atoms with Crippen LogP contribution < -0.4 is 5.32 Å². The maximum Gasteiger partial charge on any atom is 0.243 e. The van der Waals surface area contributed by atoms with E-state index < -0.39 is 10.0 Å². The molecule has 0 spiro atoms. The first-order valence-corrected chi connectivity index (χ1v) is 12.4. The number of anilines is 1. The normalized spacial score (nSPS) is 18.5. The molecule has 0 aromatic heterocycles. The van der Waals surface area contributed by atoms with Crippen LogP contribution in [0.3, 0.4) is 0 Å². The van der Waals surface area contributed by atoms with Gasteiger partial charge in [-0.05, 0) is 74.4 Å². The molecule has 31 heavy (non-hydrogen) atoms. The summed E-state index contributed by atoms with van der Waals surface area (Å²) in [6.07, 6.45) is 3.09. The van der Waals surface area contributed by atoms with Crippen molar-refractivity contribution >= 4 is 21.6 Å². The van der Waals surface area contributed by atoms with E-state index in [0.29, 0.717) is 31.1 Å². The highest BCUT2D eigenvalue weighted by molar-refractivity contribution is 7.89. The zero-order chi connectivity index (χ0) is 22.2. The number of aryl methyl sites for hydroxylation is 4. The summed E-state index contributed by atoms with van der Waals surface area (Å²) in [6, 6.07) is 11.2. The third-order valence-electron chi connectivity index (χ3n) is 6.64. The Morgan fingerprint density at radius 3 is 2.29 bits per heavy atom. The number of hydrogen-bond donors (Lipinski definition) is 1. The highest BCUT2D eigenvalue weighted by Gasteiger charge is 2.32. The lowest BCUT2D eigenvalue weighted by Gasteiger charge is -2.36. The van der Waals surface area contributed by atoms with Gasteiger partial charge in [-0.25, -0.2) is 8.42 Å². The van der Waals surface area contributed by atoms with Crippen LogP contribution in [0, 0.1) is 13.8 Å². The molecule has 1 unspecified atom stereocenters. The average Bonchev–Trinajstić information content (AvgIpc) is 3.24. The smallest absolute Gasteiger partial charge is 0.243 e. The largest absolute Gasteiger partial charge is 0.324 e. The van der Waals surface area contributed by atoms with Crippen LogP contribution >= 0.6 is 0 Å². The molecular formula is C24H31N3O3S. The number of carbonyl (C=O) groups is 1. The SMILES string of the molecule is Cc1cccc(C)c1NC(=O)C(C)N1CCN(S(=O)(=O)c2ccc3c(c2)CCC3)CC1. The molecule has 1 aliphatic heterocycles. The van der Waals surface area contributed by atoms with Crippen molar-refractivity contribution in [3.05, 3.63) is 58.7 Å². The minimum absolute atomic E-state index is 0.0627. The number of benzene rings is 2. The van der Waals surface area contributed by atoms with Crippen LogP contribution in [-0.2, 0) is 27.7 Å². The van der Waals surface area contributed by atoms with E-state index in [1.54, 1.807) is 10.4 Å². The van der Waals surface area contributed by atoms with E-state index in [-0.39, 0.29) is 11.9 Å². The number of sulfonamides is 1. The van der Waals surface area contributed by atoms with Gasteiger partial charge in [-0.15, -0.1) is 0 Å². The Kier molecular flexibility index (Phi) is 6.19. The van der Waals surface area contributed by atoms with E-state index in [0.717, 1.165) is 41.6 Å². The maximum atomic E-state index is 13.1. The minimum Gasteiger partial charge on any atom is -0.324 e. The fourth-order valence-corrected chi connectivity index (χ4v) is 6.07. The standard InChI is InChI=1S/C24H31N3O3S/c1-17-6-4-7-18(2)23(17)25-24(28)19(3)26-12-14-27(15-13-26)31(29,30)22-11-10-20-8-5-9-21(20)16-22/h4,6-7,10-11,16,19H,5,8-9,12-15H2,1-3H3,(H,25,28). The molecular weight excluding hydrogens is 410 g/mol. The molecule has 1 fully saturated rings. The average molecular weight is 442 g/mol. The Morgan fingerprint density at radius 1 is 0.968 bits per heavy atom. The molecule has 4 rings (SSSR count). The van der Waals surface area contributed by atoms with E-state index in [2.05, 4.69) is 10.2 Å². The van der Waals surface area contributed by atoms with Crippen molar-refractivity contribution in [1.29, 1.82) is 0 Å². The number of fused-ring (bicyclic) bond motifs is 1. The van der Waals surface area contributed by atoms with Crippen LogP contribution in [0.25, 0.3) is 0 Å². The monoisotopic (exact) mass is 441 g/mol. The van der Waals surface area contributed by atoms with Crippen LogP contribution in [0.5, 0.6) is 0 Å². The predicted octanol–water partition coefficient (Wildman–Crippen LogP) is 3.13. The summed E-state index contributed by atoms with van der Waals surface area (Å²) in [6.45, 7) is 7.69. The zero-order valence-corrected chi connectivity index (χ0v) is 19.3. The highest BCUT2D eigenvalue weighted by Crippen LogP contribution is 2.27. The third kappa shape index (κ3) is 4.40. The van der Waals surface area contributed by atoms with Crippen molar-refractivity contribution in [1.82, 2.24) is 9.21 Å². The van der Waals surface area contributed by atoms with E-state index in [9.17, 15) is 13.2 Å². The van der Waals surface area contributed by atoms with Gasteiger partial charge < -0.3 is 5.32 Å². The van der Waals surface area contributed by atoms with Crippen molar-refractivity contribution in [2.24, 2.45) is 0 Å². The number of nitrogens with one attached hydrogen (secondary N) is 1. The predicted molar refractivity (Wildman–Crippen MR) is 123 cm³/mol. The Balaban J connectivity index is 1.39. The molecule has 0 saturated carbocycles. The number of para-hydroxylation sites is 1. The summed E-state index contributed by atoms with van der Waals surface area (Å²) in [5.41, 5.74) is 5.36. The summed E-state index contributed by atoms with van der Waals surface area (Å²) in [5.74, 6) is -0.0627. The molecule has 0 bridgehead atoms. The van der Waals surface area contributed by atoms with Crippen LogP contribution in [0.1, 0.15) is 35.6 Å². The molecule has 6 nitrogen and oxygen atoms in total. The van der Waals surface area contributed by atoms with Gasteiger partial charge in [0.15, 0.2) is 0 Å². The van der Waals surface area contributed by atoms with E-state index in [4.69, 9.17) is 0 Å². The highest BCUT2D eigenvalue weighted by atomic mass is 32.2. The lowest BCUT2D eigenvalue weighted by atomic mass is 10.1. The van der Waals surface area contributed by atoms with Crippen molar-refractivity contribution in [2.45, 2.75) is 51.0 Å². The molecule has 2 aliphatic rings. The van der Waals surface area contributed by atoms with E-state index in [1.165, 1.54) is 5.56 Å². The summed E-state index contributed by atoms with van der Waals surface area (Å²) in [5, 5.41) is 3.05. The molecule has 2 aromatic rings. The van der Waals surface area contributed by atoms with Gasteiger partial charge in [0, 0.05) is 31.9 Å². The van der Waals surface area contributed by atoms with Gasteiger partial charge in [0.1, 0.15) is 0 Å². The van der Waals surface area contributed by atoms with Crippen LogP contribution in [-0.4, -0.2) is 55.8 Å². The van der Waals surface area contributed by atoms with Crippen LogP contribution in [0.15, 0.2) is 41.3 Å².